The highest BCUT2D eigenvalue weighted by molar-refractivity contribution is 5.12. The van der Waals surface area contributed by atoms with Crippen molar-refractivity contribution in [1.82, 2.24) is 4.90 Å². The molecule has 0 rings (SSSR count). The van der Waals surface area contributed by atoms with Crippen molar-refractivity contribution in [1.29, 1.82) is 0 Å². The quantitative estimate of drug-likeness (QED) is 0.551. The van der Waals surface area contributed by atoms with Crippen molar-refractivity contribution in [3.8, 4) is 0 Å². The Labute approximate surface area is 70.4 Å². The monoisotopic (exact) mass is 153 g/mol. The molecule has 0 atom stereocenters. The summed E-state index contributed by atoms with van der Waals surface area (Å²) < 4.78 is 0. The van der Waals surface area contributed by atoms with Gasteiger partial charge in [-0.25, -0.2) is 0 Å². The Morgan fingerprint density at radius 1 is 1.36 bits per heavy atom. The maximum Gasteiger partial charge on any atom is 0.0309 e. The Morgan fingerprint density at radius 3 is 2.09 bits per heavy atom. The molecule has 0 radical (unpaired) electrons. The molecule has 0 spiro atoms. The molecule has 0 N–H and O–H groups in total. The van der Waals surface area contributed by atoms with Crippen LogP contribution in [0.3, 0.4) is 0 Å². The van der Waals surface area contributed by atoms with E-state index >= 15 is 0 Å². The molecule has 0 aromatic heterocycles. The predicted molar refractivity (Wildman–Crippen MR) is 51.5 cm³/mol. The lowest BCUT2D eigenvalue weighted by atomic mass is 10.1. The van der Waals surface area contributed by atoms with Crippen molar-refractivity contribution in [3.63, 3.8) is 0 Å². The molecule has 0 fully saturated rings. The van der Waals surface area contributed by atoms with Crippen LogP contribution in [0.4, 0.5) is 0 Å². The zero-order valence-electron chi connectivity index (χ0n) is 8.31. The summed E-state index contributed by atoms with van der Waals surface area (Å²) in [5, 5.41) is 0. The van der Waals surface area contributed by atoms with Crippen LogP contribution in [-0.4, -0.2) is 17.5 Å². The third-order valence-corrected chi connectivity index (χ3v) is 1.78. The fraction of sp³-hybridized carbons (Fsp3) is 0.600. The summed E-state index contributed by atoms with van der Waals surface area (Å²) in [6.45, 7) is 12.3. The highest BCUT2D eigenvalue weighted by atomic mass is 15.1. The molecule has 64 valence electrons. The molecule has 0 unspecified atom stereocenters. The third kappa shape index (κ3) is 3.87. The van der Waals surface area contributed by atoms with Gasteiger partial charge >= 0.3 is 0 Å². The van der Waals surface area contributed by atoms with Gasteiger partial charge in [0.05, 0.1) is 0 Å². The lowest BCUT2D eigenvalue weighted by molar-refractivity contribution is 0.248. The number of hydrogen-bond acceptors (Lipinski definition) is 1. The molecule has 0 aromatic carbocycles. The van der Waals surface area contributed by atoms with Crippen LogP contribution in [-0.2, 0) is 0 Å². The first-order valence-corrected chi connectivity index (χ1v) is 3.91. The summed E-state index contributed by atoms with van der Waals surface area (Å²) in [5.74, 6) is 0. The number of allylic oxidation sites excluding steroid dienone is 2. The first-order valence-electron chi connectivity index (χ1n) is 3.91. The van der Waals surface area contributed by atoms with E-state index in [9.17, 15) is 0 Å². The van der Waals surface area contributed by atoms with Gasteiger partial charge in [0, 0.05) is 18.8 Å². The van der Waals surface area contributed by atoms with Crippen molar-refractivity contribution in [2.45, 2.75) is 33.2 Å². The van der Waals surface area contributed by atoms with Crippen LogP contribution in [0, 0.1) is 0 Å². The molecule has 0 bridgehead atoms. The van der Waals surface area contributed by atoms with Gasteiger partial charge in [-0.05, 0) is 33.3 Å². The van der Waals surface area contributed by atoms with E-state index in [1.807, 2.05) is 6.08 Å². The summed E-state index contributed by atoms with van der Waals surface area (Å²) in [6, 6.07) is 0. The molecule has 0 aliphatic heterocycles. The maximum absolute atomic E-state index is 3.70. The van der Waals surface area contributed by atoms with Crippen LogP contribution in [0.2, 0.25) is 0 Å². The lowest BCUT2D eigenvalue weighted by Crippen LogP contribution is -2.33. The average Bonchev–Trinajstić information content (AvgIpc) is 1.85. The van der Waals surface area contributed by atoms with E-state index in [0.29, 0.717) is 0 Å². The van der Waals surface area contributed by atoms with Crippen molar-refractivity contribution >= 4 is 0 Å². The minimum absolute atomic E-state index is 0.199. The van der Waals surface area contributed by atoms with Gasteiger partial charge in [0.25, 0.3) is 0 Å². The highest BCUT2D eigenvalue weighted by Gasteiger charge is 2.12. The first-order chi connectivity index (χ1) is 4.88. The third-order valence-electron chi connectivity index (χ3n) is 1.78. The molecule has 0 heterocycles. The van der Waals surface area contributed by atoms with Crippen molar-refractivity contribution in [3.05, 3.63) is 24.4 Å². The van der Waals surface area contributed by atoms with Crippen molar-refractivity contribution < 1.29 is 0 Å². The van der Waals surface area contributed by atoms with Crippen molar-refractivity contribution in [2.24, 2.45) is 0 Å². The molecular formula is C10H19N. The van der Waals surface area contributed by atoms with Gasteiger partial charge in [0.2, 0.25) is 0 Å². The summed E-state index contributed by atoms with van der Waals surface area (Å²) in [4.78, 5) is 2.18. The van der Waals surface area contributed by atoms with Gasteiger partial charge in [0.1, 0.15) is 0 Å². The Kier molecular flexibility index (Phi) is 3.37. The molecule has 0 aliphatic rings. The summed E-state index contributed by atoms with van der Waals surface area (Å²) in [7, 11) is 2.08. The van der Waals surface area contributed by atoms with E-state index in [1.165, 1.54) is 5.57 Å². The van der Waals surface area contributed by atoms with E-state index in [1.54, 1.807) is 0 Å². The Bertz CT molecular complexity index is 160. The smallest absolute Gasteiger partial charge is 0.0309 e. The van der Waals surface area contributed by atoms with E-state index in [4.69, 9.17) is 0 Å². The molecule has 0 aliphatic carbocycles. The van der Waals surface area contributed by atoms with Gasteiger partial charge in [0.15, 0.2) is 0 Å². The standard InChI is InChI=1S/C10H19N/c1-7-9(2)8-11(6)10(3,4)5/h7-8H,1H2,2-6H3/b9-8-. The molecule has 1 heteroatoms. The first kappa shape index (κ1) is 10.3. The van der Waals surface area contributed by atoms with Crippen LogP contribution >= 0.6 is 0 Å². The zero-order chi connectivity index (χ0) is 9.07. The second kappa shape index (κ2) is 3.61. The zero-order valence-corrected chi connectivity index (χ0v) is 8.31. The topological polar surface area (TPSA) is 3.24 Å². The van der Waals surface area contributed by atoms with E-state index in [0.717, 1.165) is 0 Å². The Hall–Kier alpha value is -0.720. The Balaban J connectivity index is 4.28. The number of nitrogens with zero attached hydrogens (tertiary/aromatic N) is 1. The van der Waals surface area contributed by atoms with Gasteiger partial charge in [-0.1, -0.05) is 12.7 Å². The molecule has 1 nitrogen and oxygen atoms in total. The largest absolute Gasteiger partial charge is 0.375 e. The molecular weight excluding hydrogens is 134 g/mol. The van der Waals surface area contributed by atoms with Gasteiger partial charge in [-0.15, -0.1) is 0 Å². The second-order valence-corrected chi connectivity index (χ2v) is 3.86. The summed E-state index contributed by atoms with van der Waals surface area (Å²) in [5.41, 5.74) is 1.40. The average molecular weight is 153 g/mol. The normalized spacial score (nSPS) is 13.0. The fourth-order valence-corrected chi connectivity index (χ4v) is 0.552. The van der Waals surface area contributed by atoms with Gasteiger partial charge in [-0.2, -0.15) is 0 Å². The SMILES string of the molecule is C=C/C(C)=C\N(C)C(C)(C)C. The van der Waals surface area contributed by atoms with Crippen LogP contribution in [0.15, 0.2) is 24.4 Å². The number of rotatable bonds is 2. The molecule has 0 aromatic rings. The summed E-state index contributed by atoms with van der Waals surface area (Å²) >= 11 is 0. The van der Waals surface area contributed by atoms with Crippen LogP contribution in [0.5, 0.6) is 0 Å². The van der Waals surface area contributed by atoms with Crippen LogP contribution < -0.4 is 0 Å². The van der Waals surface area contributed by atoms with Gasteiger partial charge < -0.3 is 4.90 Å². The van der Waals surface area contributed by atoms with Crippen molar-refractivity contribution in [2.75, 3.05) is 7.05 Å². The summed E-state index contributed by atoms with van der Waals surface area (Å²) in [6.07, 6.45) is 3.97. The minimum Gasteiger partial charge on any atom is -0.375 e. The van der Waals surface area contributed by atoms with Crippen LogP contribution in [0.25, 0.3) is 0 Å². The van der Waals surface area contributed by atoms with E-state index < -0.39 is 0 Å². The highest BCUT2D eigenvalue weighted by Crippen LogP contribution is 2.12. The lowest BCUT2D eigenvalue weighted by Gasteiger charge is -2.31. The molecule has 11 heavy (non-hydrogen) atoms. The molecule has 0 saturated carbocycles. The molecule has 0 saturated heterocycles. The molecule has 0 amide bonds. The second-order valence-electron chi connectivity index (χ2n) is 3.86. The fourth-order valence-electron chi connectivity index (χ4n) is 0.552. The maximum atomic E-state index is 3.70. The Morgan fingerprint density at radius 2 is 1.82 bits per heavy atom. The van der Waals surface area contributed by atoms with E-state index in [2.05, 4.69) is 52.4 Å². The van der Waals surface area contributed by atoms with Gasteiger partial charge in [-0.3, -0.25) is 0 Å². The van der Waals surface area contributed by atoms with E-state index in [-0.39, 0.29) is 5.54 Å². The van der Waals surface area contributed by atoms with Crippen LogP contribution in [0.1, 0.15) is 27.7 Å². The number of hydrogen-bond donors (Lipinski definition) is 0. The minimum atomic E-state index is 0.199. The predicted octanol–water partition coefficient (Wildman–Crippen LogP) is 2.81.